The molecule has 0 unspecified atom stereocenters. The monoisotopic (exact) mass is 365 g/mol. The van der Waals surface area contributed by atoms with Crippen LogP contribution in [0.2, 0.25) is 0 Å². The number of ether oxygens (including phenoxy) is 2. The van der Waals surface area contributed by atoms with E-state index in [1.165, 1.54) is 0 Å². The number of hydrogen-bond acceptors (Lipinski definition) is 2. The van der Waals surface area contributed by atoms with E-state index in [9.17, 15) is 0 Å². The minimum absolute atomic E-state index is 0.830. The summed E-state index contributed by atoms with van der Waals surface area (Å²) in [6, 6.07) is 34.2. The predicted molar refractivity (Wildman–Crippen MR) is 115 cm³/mol. The van der Waals surface area contributed by atoms with E-state index in [1.807, 2.05) is 66.7 Å². The lowest BCUT2D eigenvalue weighted by Crippen LogP contribution is -1.95. The lowest BCUT2D eigenvalue weighted by atomic mass is 9.89. The second-order valence-corrected chi connectivity index (χ2v) is 6.45. The standard InChI is InChI=1S/C26H21O2/c1-27-22-15-13-20(14-16-22)24-18-17-23(19-9-5-3-6-10-19)25(26(24)28-2)21-11-7-4-8-12-21/h3-16,18H,1-2H3. The van der Waals surface area contributed by atoms with Gasteiger partial charge in [0.2, 0.25) is 0 Å². The van der Waals surface area contributed by atoms with Crippen LogP contribution in [0, 0.1) is 6.07 Å². The molecule has 137 valence electrons. The average molecular weight is 365 g/mol. The van der Waals surface area contributed by atoms with Gasteiger partial charge in [-0.25, -0.2) is 0 Å². The van der Waals surface area contributed by atoms with E-state index in [0.717, 1.165) is 44.9 Å². The van der Waals surface area contributed by atoms with E-state index in [4.69, 9.17) is 9.47 Å². The zero-order valence-corrected chi connectivity index (χ0v) is 16.0. The SMILES string of the molecule is COc1ccc(-c2c[c]c(-c3ccccc3)c(-c3ccccc3)c2OC)cc1. The first-order chi connectivity index (χ1) is 13.8. The number of rotatable bonds is 5. The summed E-state index contributed by atoms with van der Waals surface area (Å²) in [7, 11) is 3.40. The van der Waals surface area contributed by atoms with Gasteiger partial charge >= 0.3 is 0 Å². The summed E-state index contributed by atoms with van der Waals surface area (Å²) >= 11 is 0. The van der Waals surface area contributed by atoms with Crippen molar-refractivity contribution in [3.63, 3.8) is 0 Å². The van der Waals surface area contributed by atoms with Crippen LogP contribution in [0.25, 0.3) is 33.4 Å². The quantitative estimate of drug-likeness (QED) is 0.402. The zero-order chi connectivity index (χ0) is 19.3. The van der Waals surface area contributed by atoms with Crippen molar-refractivity contribution in [1.29, 1.82) is 0 Å². The molecular weight excluding hydrogens is 344 g/mol. The largest absolute Gasteiger partial charge is 0.497 e. The van der Waals surface area contributed by atoms with Crippen LogP contribution in [0.4, 0.5) is 0 Å². The maximum Gasteiger partial charge on any atom is 0.135 e. The van der Waals surface area contributed by atoms with Crippen LogP contribution >= 0.6 is 0 Å². The molecule has 0 fully saturated rings. The van der Waals surface area contributed by atoms with Crippen LogP contribution in [-0.2, 0) is 0 Å². The Morgan fingerprint density at radius 2 is 1.21 bits per heavy atom. The van der Waals surface area contributed by atoms with Gasteiger partial charge in [0.1, 0.15) is 11.5 Å². The molecule has 4 aromatic rings. The smallest absolute Gasteiger partial charge is 0.135 e. The second kappa shape index (κ2) is 8.01. The summed E-state index contributed by atoms with van der Waals surface area (Å²) < 4.78 is 11.2. The molecule has 28 heavy (non-hydrogen) atoms. The van der Waals surface area contributed by atoms with Crippen molar-refractivity contribution in [2.45, 2.75) is 0 Å². The van der Waals surface area contributed by atoms with E-state index >= 15 is 0 Å². The van der Waals surface area contributed by atoms with Gasteiger partial charge in [0.05, 0.1) is 14.2 Å². The van der Waals surface area contributed by atoms with Crippen molar-refractivity contribution in [2.24, 2.45) is 0 Å². The summed E-state index contributed by atoms with van der Waals surface area (Å²) in [6.45, 7) is 0. The van der Waals surface area contributed by atoms with Crippen molar-refractivity contribution in [3.05, 3.63) is 97.1 Å². The highest BCUT2D eigenvalue weighted by molar-refractivity contribution is 5.93. The maximum atomic E-state index is 5.95. The summed E-state index contributed by atoms with van der Waals surface area (Å²) in [4.78, 5) is 0. The highest BCUT2D eigenvalue weighted by atomic mass is 16.5. The van der Waals surface area contributed by atoms with Gasteiger partial charge in [0, 0.05) is 16.7 Å². The van der Waals surface area contributed by atoms with E-state index in [-0.39, 0.29) is 0 Å². The van der Waals surface area contributed by atoms with Gasteiger partial charge in [-0.2, -0.15) is 0 Å². The molecule has 0 bridgehead atoms. The molecule has 0 aromatic heterocycles. The van der Waals surface area contributed by atoms with Crippen molar-refractivity contribution in [3.8, 4) is 44.9 Å². The Labute approximate surface area is 166 Å². The summed E-state index contributed by atoms with van der Waals surface area (Å²) in [5, 5.41) is 0. The normalized spacial score (nSPS) is 10.5. The first kappa shape index (κ1) is 17.9. The Kier molecular flexibility index (Phi) is 5.11. The summed E-state index contributed by atoms with van der Waals surface area (Å²) in [5.74, 6) is 1.67. The predicted octanol–water partition coefficient (Wildman–Crippen LogP) is 6.50. The molecule has 1 radical (unpaired) electrons. The zero-order valence-electron chi connectivity index (χ0n) is 16.0. The lowest BCUT2D eigenvalue weighted by molar-refractivity contribution is 0.414. The fourth-order valence-corrected chi connectivity index (χ4v) is 3.44. The van der Waals surface area contributed by atoms with E-state index in [1.54, 1.807) is 14.2 Å². The van der Waals surface area contributed by atoms with Crippen LogP contribution in [-0.4, -0.2) is 14.2 Å². The van der Waals surface area contributed by atoms with Gasteiger partial charge in [-0.05, 0) is 41.0 Å². The molecule has 2 heteroatoms. The minimum Gasteiger partial charge on any atom is -0.497 e. The molecule has 0 aliphatic heterocycles. The Morgan fingerprint density at radius 1 is 0.607 bits per heavy atom. The van der Waals surface area contributed by atoms with Crippen molar-refractivity contribution in [2.75, 3.05) is 14.2 Å². The third-order valence-corrected chi connectivity index (χ3v) is 4.81. The number of hydrogen-bond donors (Lipinski definition) is 0. The highest BCUT2D eigenvalue weighted by Crippen LogP contribution is 2.44. The first-order valence-electron chi connectivity index (χ1n) is 9.19. The maximum absolute atomic E-state index is 5.95. The molecule has 0 amide bonds. The summed E-state index contributed by atoms with van der Waals surface area (Å²) in [5.41, 5.74) is 6.35. The van der Waals surface area contributed by atoms with Gasteiger partial charge in [0.15, 0.2) is 0 Å². The molecule has 4 rings (SSSR count). The molecule has 0 heterocycles. The molecule has 4 aromatic carbocycles. The molecule has 0 aliphatic carbocycles. The molecule has 0 saturated carbocycles. The van der Waals surface area contributed by atoms with Crippen LogP contribution in [0.1, 0.15) is 0 Å². The number of methoxy groups -OCH3 is 2. The van der Waals surface area contributed by atoms with Gasteiger partial charge < -0.3 is 9.47 Å². The first-order valence-corrected chi connectivity index (χ1v) is 9.19. The Morgan fingerprint density at radius 3 is 1.79 bits per heavy atom. The fraction of sp³-hybridized carbons (Fsp3) is 0.0769. The molecule has 0 aliphatic rings. The molecule has 0 N–H and O–H groups in total. The van der Waals surface area contributed by atoms with Crippen LogP contribution in [0.3, 0.4) is 0 Å². The van der Waals surface area contributed by atoms with Crippen LogP contribution < -0.4 is 9.47 Å². The minimum atomic E-state index is 0.830. The van der Waals surface area contributed by atoms with E-state index in [0.29, 0.717) is 0 Å². The second-order valence-electron chi connectivity index (χ2n) is 6.45. The average Bonchev–Trinajstić information content (AvgIpc) is 2.79. The van der Waals surface area contributed by atoms with Crippen molar-refractivity contribution >= 4 is 0 Å². The Balaban J connectivity index is 1.97. The molecular formula is C26H21O2. The lowest BCUT2D eigenvalue weighted by Gasteiger charge is -2.18. The molecule has 0 spiro atoms. The third-order valence-electron chi connectivity index (χ3n) is 4.81. The number of benzene rings is 4. The molecule has 2 nitrogen and oxygen atoms in total. The Bertz CT molecular complexity index is 1050. The highest BCUT2D eigenvalue weighted by Gasteiger charge is 2.18. The van der Waals surface area contributed by atoms with Crippen molar-refractivity contribution < 1.29 is 9.47 Å². The molecule has 0 saturated heterocycles. The van der Waals surface area contributed by atoms with Crippen molar-refractivity contribution in [1.82, 2.24) is 0 Å². The van der Waals surface area contributed by atoms with Gasteiger partial charge in [-0.3, -0.25) is 0 Å². The van der Waals surface area contributed by atoms with Gasteiger partial charge in [-0.15, -0.1) is 0 Å². The van der Waals surface area contributed by atoms with Crippen LogP contribution in [0.15, 0.2) is 91.0 Å². The van der Waals surface area contributed by atoms with E-state index in [2.05, 4.69) is 30.3 Å². The Hall–Kier alpha value is -3.52. The summed E-state index contributed by atoms with van der Waals surface area (Å²) in [6.07, 6.45) is 0. The molecule has 0 atom stereocenters. The van der Waals surface area contributed by atoms with E-state index < -0.39 is 0 Å². The fourth-order valence-electron chi connectivity index (χ4n) is 3.44. The third kappa shape index (κ3) is 3.37. The van der Waals surface area contributed by atoms with Crippen LogP contribution in [0.5, 0.6) is 11.5 Å². The topological polar surface area (TPSA) is 18.5 Å². The van der Waals surface area contributed by atoms with Gasteiger partial charge in [0.25, 0.3) is 0 Å². The van der Waals surface area contributed by atoms with Gasteiger partial charge in [-0.1, -0.05) is 72.8 Å².